The van der Waals surface area contributed by atoms with E-state index in [-0.39, 0.29) is 36.4 Å². The van der Waals surface area contributed by atoms with Crippen molar-refractivity contribution in [3.8, 4) is 11.8 Å². The normalized spacial score (nSPS) is 19.5. The van der Waals surface area contributed by atoms with E-state index in [0.29, 0.717) is 47.2 Å². The van der Waals surface area contributed by atoms with Crippen LogP contribution in [0.5, 0.6) is 5.75 Å². The standard InChI is InChI=1S/C24H27ClN4O4/c1-33-22-17-11-20(29-19(17)5-4-18(22)25)21(30)10-15(8-13-2-3-13)24(32)28-16(12-26)9-14-6-7-27-23(14)31/h4-5,11,13-16,29H,2-3,6-10H2,1H3,(H,27,31)(H,28,32). The number of aromatic nitrogens is 1. The number of nitriles is 1. The van der Waals surface area contributed by atoms with Crippen molar-refractivity contribution < 1.29 is 19.1 Å². The van der Waals surface area contributed by atoms with Crippen molar-refractivity contribution >= 4 is 40.1 Å². The molecule has 9 heteroatoms. The summed E-state index contributed by atoms with van der Waals surface area (Å²) in [5.41, 5.74) is 1.11. The molecule has 8 nitrogen and oxygen atoms in total. The number of fused-ring (bicyclic) bond motifs is 1. The van der Waals surface area contributed by atoms with Gasteiger partial charge in [-0.2, -0.15) is 5.26 Å². The minimum atomic E-state index is -0.761. The Balaban J connectivity index is 1.46. The van der Waals surface area contributed by atoms with Crippen molar-refractivity contribution in [2.24, 2.45) is 17.8 Å². The van der Waals surface area contributed by atoms with Crippen molar-refractivity contribution in [1.82, 2.24) is 15.6 Å². The first-order chi connectivity index (χ1) is 15.9. The van der Waals surface area contributed by atoms with Crippen LogP contribution in [-0.4, -0.2) is 42.3 Å². The zero-order chi connectivity index (χ0) is 23.5. The number of nitrogens with zero attached hydrogens (tertiary/aromatic N) is 1. The van der Waals surface area contributed by atoms with Crippen molar-refractivity contribution in [2.75, 3.05) is 13.7 Å². The van der Waals surface area contributed by atoms with Gasteiger partial charge < -0.3 is 20.4 Å². The van der Waals surface area contributed by atoms with Crippen LogP contribution in [0, 0.1) is 29.1 Å². The Hall–Kier alpha value is -3.05. The lowest BCUT2D eigenvalue weighted by molar-refractivity contribution is -0.127. The lowest BCUT2D eigenvalue weighted by atomic mass is 9.93. The summed E-state index contributed by atoms with van der Waals surface area (Å²) in [7, 11) is 1.52. The molecule has 3 N–H and O–H groups in total. The first-order valence-electron chi connectivity index (χ1n) is 11.3. The average molecular weight is 471 g/mol. The minimum Gasteiger partial charge on any atom is -0.494 e. The Morgan fingerprint density at radius 3 is 2.73 bits per heavy atom. The Morgan fingerprint density at radius 1 is 1.30 bits per heavy atom. The van der Waals surface area contributed by atoms with Crippen LogP contribution in [-0.2, 0) is 9.59 Å². The third-order valence-electron chi connectivity index (χ3n) is 6.48. The molecule has 2 aliphatic rings. The van der Waals surface area contributed by atoms with E-state index in [9.17, 15) is 19.6 Å². The van der Waals surface area contributed by atoms with Gasteiger partial charge in [-0.25, -0.2) is 0 Å². The lowest BCUT2D eigenvalue weighted by Gasteiger charge is -2.19. The first-order valence-corrected chi connectivity index (χ1v) is 11.6. The number of benzene rings is 1. The molecule has 1 aliphatic carbocycles. The zero-order valence-electron chi connectivity index (χ0n) is 18.4. The van der Waals surface area contributed by atoms with Crippen molar-refractivity contribution in [3.05, 3.63) is 28.9 Å². The molecule has 1 saturated heterocycles. The molecule has 1 aromatic carbocycles. The van der Waals surface area contributed by atoms with Crippen LogP contribution in [0.25, 0.3) is 10.9 Å². The summed E-state index contributed by atoms with van der Waals surface area (Å²) in [4.78, 5) is 41.1. The number of aromatic amines is 1. The molecule has 174 valence electrons. The number of rotatable bonds is 10. The molecule has 0 radical (unpaired) electrons. The van der Waals surface area contributed by atoms with Crippen LogP contribution < -0.4 is 15.4 Å². The van der Waals surface area contributed by atoms with Crippen LogP contribution >= 0.6 is 11.6 Å². The fourth-order valence-electron chi connectivity index (χ4n) is 4.47. The first kappa shape index (κ1) is 23.1. The highest BCUT2D eigenvalue weighted by Gasteiger charge is 2.34. The molecule has 4 rings (SSSR count). The molecule has 2 aromatic rings. The number of nitrogens with one attached hydrogen (secondary N) is 3. The number of amides is 2. The van der Waals surface area contributed by atoms with Crippen molar-refractivity contribution in [3.63, 3.8) is 0 Å². The monoisotopic (exact) mass is 470 g/mol. The van der Waals surface area contributed by atoms with Gasteiger partial charge in [-0.3, -0.25) is 14.4 Å². The number of Topliss-reactive ketones (excluding diaryl/α,β-unsaturated/α-hetero) is 1. The number of ketones is 1. The molecule has 0 spiro atoms. The summed E-state index contributed by atoms with van der Waals surface area (Å²) >= 11 is 6.19. The Kier molecular flexibility index (Phi) is 6.89. The second kappa shape index (κ2) is 9.84. The van der Waals surface area contributed by atoms with Gasteiger partial charge in [0, 0.05) is 35.7 Å². The SMILES string of the molecule is COc1c(Cl)ccc2[nH]c(C(=O)CC(CC3CC3)C(=O)NC(C#N)CC3CCNC3=O)cc12. The van der Waals surface area contributed by atoms with Crippen LogP contribution in [0.2, 0.25) is 5.02 Å². The number of H-pyrrole nitrogens is 1. The molecule has 1 aromatic heterocycles. The van der Waals surface area contributed by atoms with Crippen LogP contribution in [0.3, 0.4) is 0 Å². The second-order valence-corrected chi connectivity index (χ2v) is 9.34. The maximum atomic E-state index is 13.1. The highest BCUT2D eigenvalue weighted by molar-refractivity contribution is 6.33. The van der Waals surface area contributed by atoms with Crippen LogP contribution in [0.1, 0.15) is 49.0 Å². The van der Waals surface area contributed by atoms with E-state index in [4.69, 9.17) is 16.3 Å². The summed E-state index contributed by atoms with van der Waals surface area (Å²) in [6, 6.07) is 6.51. The van der Waals surface area contributed by atoms with Gasteiger partial charge in [0.05, 0.1) is 23.9 Å². The molecule has 3 atom stereocenters. The fraction of sp³-hybridized carbons (Fsp3) is 0.500. The second-order valence-electron chi connectivity index (χ2n) is 8.93. The molecule has 2 heterocycles. The van der Waals surface area contributed by atoms with Gasteiger partial charge in [-0.15, -0.1) is 0 Å². The number of hydrogen-bond acceptors (Lipinski definition) is 5. The predicted molar refractivity (Wildman–Crippen MR) is 123 cm³/mol. The summed E-state index contributed by atoms with van der Waals surface area (Å²) in [5, 5.41) is 16.2. The summed E-state index contributed by atoms with van der Waals surface area (Å²) in [6.07, 6.45) is 3.67. The molecule has 1 aliphatic heterocycles. The predicted octanol–water partition coefficient (Wildman–Crippen LogP) is 3.35. The summed E-state index contributed by atoms with van der Waals surface area (Å²) < 4.78 is 5.36. The van der Waals surface area contributed by atoms with Gasteiger partial charge in [-0.05, 0) is 43.4 Å². The van der Waals surface area contributed by atoms with E-state index < -0.39 is 12.0 Å². The topological polar surface area (TPSA) is 124 Å². The van der Waals surface area contributed by atoms with Gasteiger partial charge in [0.25, 0.3) is 0 Å². The smallest absolute Gasteiger partial charge is 0.224 e. The zero-order valence-corrected chi connectivity index (χ0v) is 19.2. The highest BCUT2D eigenvalue weighted by atomic mass is 35.5. The van der Waals surface area contributed by atoms with E-state index in [1.165, 1.54) is 7.11 Å². The van der Waals surface area contributed by atoms with Gasteiger partial charge in [-0.1, -0.05) is 24.4 Å². The maximum Gasteiger partial charge on any atom is 0.224 e. The van der Waals surface area contributed by atoms with Gasteiger partial charge >= 0.3 is 0 Å². The highest BCUT2D eigenvalue weighted by Crippen LogP contribution is 2.37. The van der Waals surface area contributed by atoms with Crippen LogP contribution in [0.4, 0.5) is 0 Å². The minimum absolute atomic E-state index is 0.0350. The Morgan fingerprint density at radius 2 is 2.09 bits per heavy atom. The molecule has 2 amide bonds. The van der Waals surface area contributed by atoms with E-state index in [0.717, 1.165) is 18.4 Å². The van der Waals surface area contributed by atoms with Crippen molar-refractivity contribution in [2.45, 2.75) is 44.6 Å². The number of halogens is 1. The summed E-state index contributed by atoms with van der Waals surface area (Å²) in [6.45, 7) is 0.592. The largest absolute Gasteiger partial charge is 0.494 e. The average Bonchev–Trinajstić information content (AvgIpc) is 3.36. The van der Waals surface area contributed by atoms with Gasteiger partial charge in [0.1, 0.15) is 11.8 Å². The van der Waals surface area contributed by atoms with E-state index >= 15 is 0 Å². The van der Waals surface area contributed by atoms with Gasteiger partial charge in [0.15, 0.2) is 5.78 Å². The molecule has 33 heavy (non-hydrogen) atoms. The Labute approximate surface area is 197 Å². The molecule has 0 bridgehead atoms. The third-order valence-corrected chi connectivity index (χ3v) is 6.78. The van der Waals surface area contributed by atoms with Crippen molar-refractivity contribution in [1.29, 1.82) is 5.26 Å². The number of ether oxygens (including phenoxy) is 1. The Bertz CT molecular complexity index is 1120. The summed E-state index contributed by atoms with van der Waals surface area (Å²) in [5.74, 6) is -0.461. The number of carbonyl (C=O) groups is 3. The number of carbonyl (C=O) groups excluding carboxylic acids is 3. The maximum absolute atomic E-state index is 13.1. The van der Waals surface area contributed by atoms with Gasteiger partial charge in [0.2, 0.25) is 11.8 Å². The molecular formula is C24H27ClN4O4. The van der Waals surface area contributed by atoms with E-state index in [1.54, 1.807) is 18.2 Å². The number of methoxy groups -OCH3 is 1. The third kappa shape index (κ3) is 5.31. The quantitative estimate of drug-likeness (QED) is 0.459. The molecule has 1 saturated carbocycles. The van der Waals surface area contributed by atoms with E-state index in [1.807, 2.05) is 0 Å². The molecular weight excluding hydrogens is 444 g/mol. The fourth-order valence-corrected chi connectivity index (χ4v) is 4.71. The molecule has 3 unspecified atom stereocenters. The molecule has 2 fully saturated rings. The van der Waals surface area contributed by atoms with E-state index in [2.05, 4.69) is 21.7 Å². The van der Waals surface area contributed by atoms with Crippen LogP contribution in [0.15, 0.2) is 18.2 Å². The number of hydrogen-bond donors (Lipinski definition) is 3. The lowest BCUT2D eigenvalue weighted by Crippen LogP contribution is -2.40.